The molecule has 0 N–H and O–H groups in total. The molecule has 2 saturated carbocycles. The minimum Gasteiger partial charge on any atom is -0.302 e. The van der Waals surface area contributed by atoms with Gasteiger partial charge in [-0.1, -0.05) is 0 Å². The van der Waals surface area contributed by atoms with E-state index < -0.39 is 5.82 Å². The highest BCUT2D eigenvalue weighted by molar-refractivity contribution is 7.99. The molecule has 0 amide bonds. The number of rotatable bonds is 4. The lowest BCUT2D eigenvalue weighted by atomic mass is 10.2. The summed E-state index contributed by atoms with van der Waals surface area (Å²) in [5.41, 5.74) is 0.346. The molecule has 6 heteroatoms. The predicted molar refractivity (Wildman–Crippen MR) is 75.5 cm³/mol. The molecule has 1 aromatic heterocycles. The molecule has 0 atom stereocenters. The number of nitriles is 1. The third-order valence-corrected chi connectivity index (χ3v) is 4.85. The predicted octanol–water partition coefficient (Wildman–Crippen LogP) is 3.65. The van der Waals surface area contributed by atoms with Gasteiger partial charge in [0.2, 0.25) is 0 Å². The average molecular weight is 300 g/mol. The minimum absolute atomic E-state index is 0.346. The number of benzene rings is 1. The Morgan fingerprint density at radius 3 is 2.71 bits per heavy atom. The van der Waals surface area contributed by atoms with Gasteiger partial charge in [-0.25, -0.2) is 4.39 Å². The Morgan fingerprint density at radius 2 is 2.05 bits per heavy atom. The molecular formula is C15H13FN4S. The van der Waals surface area contributed by atoms with Gasteiger partial charge in [0.1, 0.15) is 17.7 Å². The molecule has 2 fully saturated rings. The van der Waals surface area contributed by atoms with Crippen molar-refractivity contribution in [1.29, 1.82) is 5.26 Å². The molecule has 106 valence electrons. The SMILES string of the molecule is N#Cc1cc(F)ccc1Sc1nnc(C2CC2)n1C1CC1. The average Bonchev–Trinajstić information content (AvgIpc) is 3.40. The first-order chi connectivity index (χ1) is 10.3. The summed E-state index contributed by atoms with van der Waals surface area (Å²) in [6.07, 6.45) is 4.71. The van der Waals surface area contributed by atoms with Crippen molar-refractivity contribution in [3.63, 3.8) is 0 Å². The van der Waals surface area contributed by atoms with Crippen LogP contribution in [0.1, 0.15) is 49.0 Å². The Labute approximate surface area is 126 Å². The van der Waals surface area contributed by atoms with E-state index in [0.717, 1.165) is 15.9 Å². The summed E-state index contributed by atoms with van der Waals surface area (Å²) in [5.74, 6) is 1.25. The van der Waals surface area contributed by atoms with Gasteiger partial charge < -0.3 is 4.57 Å². The van der Waals surface area contributed by atoms with Crippen molar-refractivity contribution in [2.24, 2.45) is 0 Å². The van der Waals surface area contributed by atoms with E-state index in [1.54, 1.807) is 6.07 Å². The highest BCUT2D eigenvalue weighted by Crippen LogP contribution is 2.46. The third kappa shape index (κ3) is 2.42. The largest absolute Gasteiger partial charge is 0.302 e. The van der Waals surface area contributed by atoms with Crippen LogP contribution < -0.4 is 0 Å². The standard InChI is InChI=1S/C15H13FN4S/c16-11-3-6-13(10(7-11)8-17)21-15-19-18-14(9-1-2-9)20(15)12-4-5-12/h3,6-7,9,12H,1-2,4-5H2. The summed E-state index contributed by atoms with van der Waals surface area (Å²) in [5, 5.41) is 18.6. The zero-order valence-corrected chi connectivity index (χ0v) is 12.1. The molecule has 2 aromatic rings. The van der Waals surface area contributed by atoms with Crippen molar-refractivity contribution in [3.05, 3.63) is 35.4 Å². The lowest BCUT2D eigenvalue weighted by Crippen LogP contribution is -2.01. The molecule has 2 aliphatic rings. The van der Waals surface area contributed by atoms with E-state index in [2.05, 4.69) is 14.8 Å². The molecule has 4 rings (SSSR count). The molecule has 0 spiro atoms. The van der Waals surface area contributed by atoms with Crippen molar-refractivity contribution in [1.82, 2.24) is 14.8 Å². The van der Waals surface area contributed by atoms with Gasteiger partial charge in [0.25, 0.3) is 0 Å². The van der Waals surface area contributed by atoms with E-state index in [9.17, 15) is 4.39 Å². The molecule has 1 aromatic carbocycles. The second-order valence-electron chi connectivity index (χ2n) is 5.57. The lowest BCUT2D eigenvalue weighted by molar-refractivity contribution is 0.624. The normalized spacial score (nSPS) is 17.7. The number of nitrogens with zero attached hydrogens (tertiary/aromatic N) is 4. The van der Waals surface area contributed by atoms with Crippen LogP contribution in [0.2, 0.25) is 0 Å². The maximum Gasteiger partial charge on any atom is 0.196 e. The fourth-order valence-corrected chi connectivity index (χ4v) is 3.40. The number of hydrogen-bond acceptors (Lipinski definition) is 4. The first-order valence-corrected chi connectivity index (χ1v) is 7.90. The van der Waals surface area contributed by atoms with Gasteiger partial charge in [0.05, 0.1) is 5.56 Å². The first-order valence-electron chi connectivity index (χ1n) is 7.08. The smallest absolute Gasteiger partial charge is 0.196 e. The Morgan fingerprint density at radius 1 is 1.24 bits per heavy atom. The van der Waals surface area contributed by atoms with Gasteiger partial charge in [-0.2, -0.15) is 5.26 Å². The maximum atomic E-state index is 13.2. The molecule has 0 radical (unpaired) electrons. The Hall–Kier alpha value is -1.87. The van der Waals surface area contributed by atoms with Gasteiger partial charge in [-0.05, 0) is 55.6 Å². The Balaban J connectivity index is 1.70. The van der Waals surface area contributed by atoms with Crippen molar-refractivity contribution in [2.45, 2.75) is 47.7 Å². The molecule has 0 saturated heterocycles. The maximum absolute atomic E-state index is 13.2. The van der Waals surface area contributed by atoms with E-state index in [-0.39, 0.29) is 0 Å². The molecule has 21 heavy (non-hydrogen) atoms. The van der Waals surface area contributed by atoms with Gasteiger partial charge >= 0.3 is 0 Å². The zero-order valence-electron chi connectivity index (χ0n) is 11.3. The summed E-state index contributed by atoms with van der Waals surface area (Å²) in [6, 6.07) is 6.83. The van der Waals surface area contributed by atoms with Crippen LogP contribution in [0.3, 0.4) is 0 Å². The van der Waals surface area contributed by atoms with Crippen LogP contribution in [0, 0.1) is 17.1 Å². The van der Waals surface area contributed by atoms with Crippen molar-refractivity contribution < 1.29 is 4.39 Å². The minimum atomic E-state index is -0.391. The van der Waals surface area contributed by atoms with Gasteiger partial charge in [-0.15, -0.1) is 10.2 Å². The Bertz CT molecular complexity index is 741. The van der Waals surface area contributed by atoms with Gasteiger partial charge in [0.15, 0.2) is 5.16 Å². The highest BCUT2D eigenvalue weighted by atomic mass is 32.2. The summed E-state index contributed by atoms with van der Waals surface area (Å²) in [6.45, 7) is 0. The van der Waals surface area contributed by atoms with Crippen molar-refractivity contribution in [2.75, 3.05) is 0 Å². The number of halogens is 1. The van der Waals surface area contributed by atoms with Crippen molar-refractivity contribution >= 4 is 11.8 Å². The molecular weight excluding hydrogens is 287 g/mol. The van der Waals surface area contributed by atoms with Crippen LogP contribution in [0.15, 0.2) is 28.3 Å². The number of hydrogen-bond donors (Lipinski definition) is 0. The van der Waals surface area contributed by atoms with Crippen LogP contribution in [-0.2, 0) is 0 Å². The molecule has 2 aliphatic carbocycles. The highest BCUT2D eigenvalue weighted by Gasteiger charge is 2.36. The molecule has 0 bridgehead atoms. The summed E-state index contributed by atoms with van der Waals surface area (Å²) >= 11 is 1.41. The number of aromatic nitrogens is 3. The van der Waals surface area contributed by atoms with E-state index in [1.165, 1.54) is 49.6 Å². The molecule has 4 nitrogen and oxygen atoms in total. The van der Waals surface area contributed by atoms with E-state index in [4.69, 9.17) is 5.26 Å². The van der Waals surface area contributed by atoms with Gasteiger partial charge in [0, 0.05) is 16.9 Å². The van der Waals surface area contributed by atoms with Gasteiger partial charge in [-0.3, -0.25) is 0 Å². The lowest BCUT2D eigenvalue weighted by Gasteiger charge is -2.08. The topological polar surface area (TPSA) is 54.5 Å². The molecule has 0 aliphatic heterocycles. The van der Waals surface area contributed by atoms with Crippen LogP contribution >= 0.6 is 11.8 Å². The monoisotopic (exact) mass is 300 g/mol. The fraction of sp³-hybridized carbons (Fsp3) is 0.400. The fourth-order valence-electron chi connectivity index (χ4n) is 2.43. The summed E-state index contributed by atoms with van der Waals surface area (Å²) < 4.78 is 15.4. The van der Waals surface area contributed by atoms with E-state index >= 15 is 0 Å². The van der Waals surface area contributed by atoms with Crippen LogP contribution in [-0.4, -0.2) is 14.8 Å². The van der Waals surface area contributed by atoms with Crippen LogP contribution in [0.5, 0.6) is 0 Å². The van der Waals surface area contributed by atoms with Crippen molar-refractivity contribution in [3.8, 4) is 6.07 Å². The van der Waals surface area contributed by atoms with E-state index in [1.807, 2.05) is 6.07 Å². The molecule has 1 heterocycles. The first kappa shape index (κ1) is 12.8. The third-order valence-electron chi connectivity index (χ3n) is 3.81. The summed E-state index contributed by atoms with van der Waals surface area (Å²) in [7, 11) is 0. The van der Waals surface area contributed by atoms with Crippen LogP contribution in [0.25, 0.3) is 0 Å². The molecule has 0 unspecified atom stereocenters. The second kappa shape index (κ2) is 4.85. The van der Waals surface area contributed by atoms with E-state index in [0.29, 0.717) is 17.5 Å². The summed E-state index contributed by atoms with van der Waals surface area (Å²) in [4.78, 5) is 0.732. The quantitative estimate of drug-likeness (QED) is 0.865. The zero-order chi connectivity index (χ0) is 14.4. The van der Waals surface area contributed by atoms with Crippen LogP contribution in [0.4, 0.5) is 4.39 Å². The Kier molecular flexibility index (Phi) is 2.96. The second-order valence-corrected chi connectivity index (χ2v) is 6.58.